The Balaban J connectivity index is 1.49. The number of nitrogens with one attached hydrogen (secondary N) is 1. The summed E-state index contributed by atoms with van der Waals surface area (Å²) in [6.07, 6.45) is 6.39. The highest BCUT2D eigenvalue weighted by atomic mass is 35.5. The molecule has 4 nitrogen and oxygen atoms in total. The van der Waals surface area contributed by atoms with Crippen molar-refractivity contribution in [2.75, 3.05) is 0 Å². The predicted molar refractivity (Wildman–Crippen MR) is 99.1 cm³/mol. The SMILES string of the molecule is O=C(CCc1cccc(Cl)c1)NCc1ccc(-c2cccnc2)nc1. The summed E-state index contributed by atoms with van der Waals surface area (Å²) in [5.74, 6) is 0.0105. The molecule has 25 heavy (non-hydrogen) atoms. The normalized spacial score (nSPS) is 10.4. The molecule has 126 valence electrons. The fraction of sp³-hybridized carbons (Fsp3) is 0.150. The zero-order chi connectivity index (χ0) is 17.5. The standard InChI is InChI=1S/C20H18ClN3O/c21-18-5-1-3-15(11-18)7-9-20(25)24-13-16-6-8-19(23-12-16)17-4-2-10-22-14-17/h1-6,8,10-12,14H,7,9,13H2,(H,24,25). The van der Waals surface area contributed by atoms with Gasteiger partial charge in [-0.2, -0.15) is 0 Å². The molecular weight excluding hydrogens is 334 g/mol. The highest BCUT2D eigenvalue weighted by Crippen LogP contribution is 2.15. The second kappa shape index (κ2) is 8.40. The quantitative estimate of drug-likeness (QED) is 0.729. The predicted octanol–water partition coefficient (Wildman–Crippen LogP) is 4.05. The largest absolute Gasteiger partial charge is 0.352 e. The first-order valence-electron chi connectivity index (χ1n) is 8.07. The summed E-state index contributed by atoms with van der Waals surface area (Å²) in [5.41, 5.74) is 3.86. The lowest BCUT2D eigenvalue weighted by Gasteiger charge is -2.07. The van der Waals surface area contributed by atoms with Gasteiger partial charge < -0.3 is 5.32 Å². The summed E-state index contributed by atoms with van der Waals surface area (Å²) in [7, 11) is 0. The summed E-state index contributed by atoms with van der Waals surface area (Å²) in [6, 6.07) is 15.3. The zero-order valence-electron chi connectivity index (χ0n) is 13.7. The first-order valence-corrected chi connectivity index (χ1v) is 8.45. The second-order valence-corrected chi connectivity index (χ2v) is 6.14. The van der Waals surface area contributed by atoms with E-state index in [1.165, 1.54) is 0 Å². The highest BCUT2D eigenvalue weighted by molar-refractivity contribution is 6.30. The number of aryl methyl sites for hydroxylation is 1. The number of aromatic nitrogens is 2. The van der Waals surface area contributed by atoms with E-state index in [-0.39, 0.29) is 5.91 Å². The van der Waals surface area contributed by atoms with Crippen LogP contribution in [0.4, 0.5) is 0 Å². The number of pyridine rings is 2. The van der Waals surface area contributed by atoms with Crippen LogP contribution in [0.25, 0.3) is 11.3 Å². The van der Waals surface area contributed by atoms with Gasteiger partial charge in [-0.25, -0.2) is 0 Å². The third-order valence-corrected chi connectivity index (χ3v) is 4.04. The van der Waals surface area contributed by atoms with E-state index in [9.17, 15) is 4.79 Å². The summed E-state index contributed by atoms with van der Waals surface area (Å²) in [4.78, 5) is 20.5. The average Bonchev–Trinajstić information content (AvgIpc) is 2.66. The maximum Gasteiger partial charge on any atom is 0.220 e. The Morgan fingerprint density at radius 1 is 1.04 bits per heavy atom. The Kier molecular flexibility index (Phi) is 5.75. The van der Waals surface area contributed by atoms with Crippen LogP contribution >= 0.6 is 11.6 Å². The molecule has 0 saturated carbocycles. The molecule has 3 aromatic rings. The number of hydrogen-bond acceptors (Lipinski definition) is 3. The minimum absolute atomic E-state index is 0.0105. The van der Waals surface area contributed by atoms with E-state index in [4.69, 9.17) is 11.6 Å². The number of carbonyl (C=O) groups is 1. The van der Waals surface area contributed by atoms with E-state index < -0.39 is 0 Å². The van der Waals surface area contributed by atoms with Crippen molar-refractivity contribution in [1.29, 1.82) is 0 Å². The number of nitrogens with zero attached hydrogens (tertiary/aromatic N) is 2. The van der Waals surface area contributed by atoms with Crippen molar-refractivity contribution < 1.29 is 4.79 Å². The number of carbonyl (C=O) groups excluding carboxylic acids is 1. The first-order chi connectivity index (χ1) is 12.2. The lowest BCUT2D eigenvalue weighted by molar-refractivity contribution is -0.121. The van der Waals surface area contributed by atoms with Gasteiger partial charge in [-0.05, 0) is 47.9 Å². The molecule has 0 aliphatic heterocycles. The van der Waals surface area contributed by atoms with Crippen molar-refractivity contribution >= 4 is 17.5 Å². The lowest BCUT2D eigenvalue weighted by atomic mass is 10.1. The number of halogens is 1. The van der Waals surface area contributed by atoms with E-state index in [2.05, 4.69) is 15.3 Å². The number of benzene rings is 1. The van der Waals surface area contributed by atoms with Crippen molar-refractivity contribution in [2.45, 2.75) is 19.4 Å². The van der Waals surface area contributed by atoms with E-state index in [0.29, 0.717) is 24.4 Å². The highest BCUT2D eigenvalue weighted by Gasteiger charge is 2.04. The average molecular weight is 352 g/mol. The minimum atomic E-state index is 0.0105. The number of hydrogen-bond donors (Lipinski definition) is 1. The molecule has 2 aromatic heterocycles. The van der Waals surface area contributed by atoms with Gasteiger partial charge in [0.15, 0.2) is 0 Å². The molecule has 3 rings (SSSR count). The third kappa shape index (κ3) is 5.13. The van der Waals surface area contributed by atoms with Gasteiger partial charge in [0.05, 0.1) is 5.69 Å². The second-order valence-electron chi connectivity index (χ2n) is 5.70. The molecule has 0 spiro atoms. The molecule has 0 fully saturated rings. The molecule has 1 N–H and O–H groups in total. The Morgan fingerprint density at radius 2 is 1.96 bits per heavy atom. The maximum atomic E-state index is 12.0. The molecule has 2 heterocycles. The maximum absolute atomic E-state index is 12.0. The monoisotopic (exact) mass is 351 g/mol. The summed E-state index contributed by atoms with van der Waals surface area (Å²) in [5, 5.41) is 3.61. The van der Waals surface area contributed by atoms with Crippen LogP contribution in [0.5, 0.6) is 0 Å². The Labute approximate surface area is 151 Å². The minimum Gasteiger partial charge on any atom is -0.352 e. The van der Waals surface area contributed by atoms with Crippen LogP contribution in [-0.2, 0) is 17.8 Å². The molecule has 0 aliphatic carbocycles. The Bertz CT molecular complexity index is 835. The summed E-state index contributed by atoms with van der Waals surface area (Å²) in [6.45, 7) is 0.467. The van der Waals surface area contributed by atoms with Crippen molar-refractivity contribution in [3.05, 3.63) is 83.3 Å². The lowest BCUT2D eigenvalue weighted by Crippen LogP contribution is -2.23. The molecule has 0 aliphatic rings. The van der Waals surface area contributed by atoms with Crippen LogP contribution in [0, 0.1) is 0 Å². The van der Waals surface area contributed by atoms with Gasteiger partial charge in [-0.3, -0.25) is 14.8 Å². The van der Waals surface area contributed by atoms with E-state index >= 15 is 0 Å². The van der Waals surface area contributed by atoms with E-state index in [1.54, 1.807) is 18.6 Å². The van der Waals surface area contributed by atoms with Crippen LogP contribution in [-0.4, -0.2) is 15.9 Å². The molecule has 0 bridgehead atoms. The molecule has 1 aromatic carbocycles. The molecule has 5 heteroatoms. The molecule has 0 unspecified atom stereocenters. The van der Waals surface area contributed by atoms with Crippen LogP contribution in [0.3, 0.4) is 0 Å². The fourth-order valence-corrected chi connectivity index (χ4v) is 2.67. The van der Waals surface area contributed by atoms with Gasteiger partial charge in [-0.1, -0.05) is 29.8 Å². The molecular formula is C20H18ClN3O. The van der Waals surface area contributed by atoms with E-state index in [0.717, 1.165) is 22.4 Å². The first kappa shape index (κ1) is 17.1. The van der Waals surface area contributed by atoms with Crippen LogP contribution in [0.1, 0.15) is 17.5 Å². The van der Waals surface area contributed by atoms with Crippen molar-refractivity contribution in [3.63, 3.8) is 0 Å². The molecule has 1 amide bonds. The van der Waals surface area contributed by atoms with Crippen LogP contribution < -0.4 is 5.32 Å². The van der Waals surface area contributed by atoms with Gasteiger partial charge in [-0.15, -0.1) is 0 Å². The fourth-order valence-electron chi connectivity index (χ4n) is 2.45. The summed E-state index contributed by atoms with van der Waals surface area (Å²) >= 11 is 5.95. The van der Waals surface area contributed by atoms with Gasteiger partial charge in [0.1, 0.15) is 0 Å². The zero-order valence-corrected chi connectivity index (χ0v) is 14.4. The number of rotatable bonds is 6. The van der Waals surface area contributed by atoms with Crippen LogP contribution in [0.15, 0.2) is 67.1 Å². The third-order valence-electron chi connectivity index (χ3n) is 3.80. The summed E-state index contributed by atoms with van der Waals surface area (Å²) < 4.78 is 0. The smallest absolute Gasteiger partial charge is 0.220 e. The van der Waals surface area contributed by atoms with Gasteiger partial charge >= 0.3 is 0 Å². The number of amides is 1. The van der Waals surface area contributed by atoms with Crippen LogP contribution in [0.2, 0.25) is 5.02 Å². The van der Waals surface area contributed by atoms with Gasteiger partial charge in [0.25, 0.3) is 0 Å². The van der Waals surface area contributed by atoms with E-state index in [1.807, 2.05) is 48.5 Å². The molecule has 0 radical (unpaired) electrons. The molecule has 0 atom stereocenters. The van der Waals surface area contributed by atoms with Gasteiger partial charge in [0, 0.05) is 42.1 Å². The van der Waals surface area contributed by atoms with Gasteiger partial charge in [0.2, 0.25) is 5.91 Å². The van der Waals surface area contributed by atoms with Crippen molar-refractivity contribution in [3.8, 4) is 11.3 Å². The topological polar surface area (TPSA) is 54.9 Å². The van der Waals surface area contributed by atoms with Crippen molar-refractivity contribution in [2.24, 2.45) is 0 Å². The Hall–Kier alpha value is -2.72. The molecule has 0 saturated heterocycles. The van der Waals surface area contributed by atoms with Crippen molar-refractivity contribution in [1.82, 2.24) is 15.3 Å². The Morgan fingerprint density at radius 3 is 2.68 bits per heavy atom.